The van der Waals surface area contributed by atoms with Crippen LogP contribution in [0.5, 0.6) is 0 Å². The highest BCUT2D eigenvalue weighted by atomic mass is 15.1. The van der Waals surface area contributed by atoms with Crippen LogP contribution in [-0.2, 0) is 0 Å². The third-order valence-electron chi connectivity index (χ3n) is 3.52. The van der Waals surface area contributed by atoms with Gasteiger partial charge in [0.15, 0.2) is 0 Å². The first-order chi connectivity index (χ1) is 6.76. The Kier molecular flexibility index (Phi) is 5.49. The lowest BCUT2D eigenvalue weighted by Gasteiger charge is -2.16. The van der Waals surface area contributed by atoms with E-state index >= 15 is 0 Å². The molecule has 2 unspecified atom stereocenters. The van der Waals surface area contributed by atoms with Crippen LogP contribution in [0.15, 0.2) is 0 Å². The highest BCUT2D eigenvalue weighted by Gasteiger charge is 2.19. The van der Waals surface area contributed by atoms with Gasteiger partial charge in [0.2, 0.25) is 0 Å². The Labute approximate surface area is 88.8 Å². The van der Waals surface area contributed by atoms with Crippen LogP contribution >= 0.6 is 0 Å². The standard InChI is InChI=1S/C12H26N2/c1-3-11-7-9-14(10-11)8-5-6-12(13)4-2/h11-12H,3-10,13H2,1-2H3. The van der Waals surface area contributed by atoms with Crippen molar-refractivity contribution in [3.05, 3.63) is 0 Å². The molecule has 0 saturated carbocycles. The Morgan fingerprint density at radius 1 is 1.43 bits per heavy atom. The van der Waals surface area contributed by atoms with E-state index in [9.17, 15) is 0 Å². The van der Waals surface area contributed by atoms with E-state index in [1.165, 1.54) is 45.3 Å². The SMILES string of the molecule is CCC(N)CCCN1CCC(CC)C1. The first-order valence-electron chi connectivity index (χ1n) is 6.24. The first-order valence-corrected chi connectivity index (χ1v) is 6.24. The zero-order valence-corrected chi connectivity index (χ0v) is 9.84. The van der Waals surface area contributed by atoms with Gasteiger partial charge in [0.1, 0.15) is 0 Å². The smallest absolute Gasteiger partial charge is 0.00366 e. The van der Waals surface area contributed by atoms with Gasteiger partial charge in [0.25, 0.3) is 0 Å². The molecule has 2 N–H and O–H groups in total. The van der Waals surface area contributed by atoms with E-state index in [4.69, 9.17) is 5.73 Å². The van der Waals surface area contributed by atoms with Crippen molar-refractivity contribution in [3.63, 3.8) is 0 Å². The molecule has 0 aliphatic carbocycles. The summed E-state index contributed by atoms with van der Waals surface area (Å²) in [6, 6.07) is 0.430. The van der Waals surface area contributed by atoms with E-state index in [2.05, 4.69) is 18.7 Å². The van der Waals surface area contributed by atoms with E-state index in [1.54, 1.807) is 0 Å². The minimum Gasteiger partial charge on any atom is -0.328 e. The fourth-order valence-electron chi connectivity index (χ4n) is 2.23. The van der Waals surface area contributed by atoms with Crippen molar-refractivity contribution in [2.24, 2.45) is 11.7 Å². The fourth-order valence-corrected chi connectivity index (χ4v) is 2.23. The van der Waals surface area contributed by atoms with Gasteiger partial charge in [0.05, 0.1) is 0 Å². The minimum absolute atomic E-state index is 0.430. The predicted molar refractivity (Wildman–Crippen MR) is 62.3 cm³/mol. The summed E-state index contributed by atoms with van der Waals surface area (Å²) in [4.78, 5) is 2.61. The van der Waals surface area contributed by atoms with E-state index in [-0.39, 0.29) is 0 Å². The zero-order chi connectivity index (χ0) is 10.4. The molecule has 1 saturated heterocycles. The van der Waals surface area contributed by atoms with Crippen molar-refractivity contribution in [1.82, 2.24) is 4.90 Å². The average molecular weight is 198 g/mol. The number of rotatable bonds is 6. The summed E-state index contributed by atoms with van der Waals surface area (Å²) in [5.41, 5.74) is 5.89. The lowest BCUT2D eigenvalue weighted by Crippen LogP contribution is -2.25. The highest BCUT2D eigenvalue weighted by Crippen LogP contribution is 2.19. The van der Waals surface area contributed by atoms with Crippen molar-refractivity contribution in [2.45, 2.75) is 52.0 Å². The Balaban J connectivity index is 2.03. The van der Waals surface area contributed by atoms with Crippen molar-refractivity contribution < 1.29 is 0 Å². The summed E-state index contributed by atoms with van der Waals surface area (Å²) in [5, 5.41) is 0. The van der Waals surface area contributed by atoms with E-state index < -0.39 is 0 Å². The summed E-state index contributed by atoms with van der Waals surface area (Å²) in [7, 11) is 0. The van der Waals surface area contributed by atoms with Gasteiger partial charge < -0.3 is 10.6 Å². The molecule has 1 aliphatic rings. The first kappa shape index (κ1) is 12.0. The Bertz CT molecular complexity index is 147. The summed E-state index contributed by atoms with van der Waals surface area (Å²) in [6.45, 7) is 8.40. The minimum atomic E-state index is 0.430. The molecule has 2 atom stereocenters. The van der Waals surface area contributed by atoms with Crippen LogP contribution in [-0.4, -0.2) is 30.6 Å². The second-order valence-corrected chi connectivity index (χ2v) is 4.67. The fraction of sp³-hybridized carbons (Fsp3) is 1.00. The van der Waals surface area contributed by atoms with Crippen molar-refractivity contribution in [2.75, 3.05) is 19.6 Å². The molecule has 1 heterocycles. The molecular weight excluding hydrogens is 172 g/mol. The largest absolute Gasteiger partial charge is 0.328 e. The molecule has 0 amide bonds. The summed E-state index contributed by atoms with van der Waals surface area (Å²) in [5.74, 6) is 0.967. The summed E-state index contributed by atoms with van der Waals surface area (Å²) in [6.07, 6.45) is 6.37. The van der Waals surface area contributed by atoms with Gasteiger partial charge in [-0.25, -0.2) is 0 Å². The van der Waals surface area contributed by atoms with Crippen LogP contribution in [0.2, 0.25) is 0 Å². The molecule has 0 spiro atoms. The molecular formula is C12H26N2. The third kappa shape index (κ3) is 3.97. The molecule has 0 aromatic heterocycles. The van der Waals surface area contributed by atoms with Gasteiger partial charge in [-0.05, 0) is 44.7 Å². The van der Waals surface area contributed by atoms with Crippen LogP contribution in [0.3, 0.4) is 0 Å². The van der Waals surface area contributed by atoms with Gasteiger partial charge in [-0.2, -0.15) is 0 Å². The molecule has 1 aliphatic heterocycles. The van der Waals surface area contributed by atoms with Gasteiger partial charge >= 0.3 is 0 Å². The number of likely N-dealkylation sites (tertiary alicyclic amines) is 1. The quantitative estimate of drug-likeness (QED) is 0.709. The van der Waals surface area contributed by atoms with Crippen LogP contribution in [0.25, 0.3) is 0 Å². The normalized spacial score (nSPS) is 25.5. The van der Waals surface area contributed by atoms with Gasteiger partial charge in [-0.15, -0.1) is 0 Å². The van der Waals surface area contributed by atoms with Crippen LogP contribution in [0.4, 0.5) is 0 Å². The average Bonchev–Trinajstić information content (AvgIpc) is 2.65. The number of hydrogen-bond acceptors (Lipinski definition) is 2. The molecule has 0 radical (unpaired) electrons. The van der Waals surface area contributed by atoms with E-state index in [0.29, 0.717) is 6.04 Å². The molecule has 14 heavy (non-hydrogen) atoms. The third-order valence-corrected chi connectivity index (χ3v) is 3.52. The Morgan fingerprint density at radius 2 is 2.21 bits per heavy atom. The second kappa shape index (κ2) is 6.41. The summed E-state index contributed by atoms with van der Waals surface area (Å²) >= 11 is 0. The maximum Gasteiger partial charge on any atom is 0.00366 e. The van der Waals surface area contributed by atoms with E-state index in [0.717, 1.165) is 12.3 Å². The van der Waals surface area contributed by atoms with Crippen LogP contribution in [0.1, 0.15) is 46.0 Å². The molecule has 0 aromatic carbocycles. The number of nitrogens with zero attached hydrogens (tertiary/aromatic N) is 1. The summed E-state index contributed by atoms with van der Waals surface area (Å²) < 4.78 is 0. The lowest BCUT2D eigenvalue weighted by molar-refractivity contribution is 0.310. The van der Waals surface area contributed by atoms with Gasteiger partial charge in [-0.3, -0.25) is 0 Å². The van der Waals surface area contributed by atoms with Crippen molar-refractivity contribution in [3.8, 4) is 0 Å². The molecule has 2 heteroatoms. The number of hydrogen-bond donors (Lipinski definition) is 1. The Hall–Kier alpha value is -0.0800. The maximum atomic E-state index is 5.89. The molecule has 0 aromatic rings. The molecule has 1 fully saturated rings. The number of nitrogens with two attached hydrogens (primary N) is 1. The Morgan fingerprint density at radius 3 is 2.79 bits per heavy atom. The van der Waals surface area contributed by atoms with Gasteiger partial charge in [-0.1, -0.05) is 20.3 Å². The van der Waals surface area contributed by atoms with Gasteiger partial charge in [0, 0.05) is 12.6 Å². The second-order valence-electron chi connectivity index (χ2n) is 4.67. The van der Waals surface area contributed by atoms with Crippen molar-refractivity contribution >= 4 is 0 Å². The highest BCUT2D eigenvalue weighted by molar-refractivity contribution is 4.74. The molecule has 84 valence electrons. The lowest BCUT2D eigenvalue weighted by atomic mass is 10.1. The zero-order valence-electron chi connectivity index (χ0n) is 9.84. The maximum absolute atomic E-state index is 5.89. The van der Waals surface area contributed by atoms with Crippen molar-refractivity contribution in [1.29, 1.82) is 0 Å². The molecule has 2 nitrogen and oxygen atoms in total. The monoisotopic (exact) mass is 198 g/mol. The van der Waals surface area contributed by atoms with Crippen LogP contribution in [0, 0.1) is 5.92 Å². The predicted octanol–water partition coefficient (Wildman–Crippen LogP) is 2.24. The molecule has 1 rings (SSSR count). The molecule has 0 bridgehead atoms. The van der Waals surface area contributed by atoms with E-state index in [1.807, 2.05) is 0 Å². The van der Waals surface area contributed by atoms with Crippen LogP contribution < -0.4 is 5.73 Å². The topological polar surface area (TPSA) is 29.3 Å².